The van der Waals surface area contributed by atoms with Crippen molar-refractivity contribution in [3.05, 3.63) is 39.8 Å². The van der Waals surface area contributed by atoms with Crippen molar-refractivity contribution in [3.63, 3.8) is 0 Å². The van der Waals surface area contributed by atoms with Gasteiger partial charge in [0.05, 0.1) is 10.0 Å². The molecule has 0 saturated heterocycles. The minimum Gasteiger partial charge on any atom is -0.264 e. The minimum atomic E-state index is 0.0888. The SMILES string of the molecule is CCCCCn1nc(-c2ncc(C(C)(C)C)s2)c(=S)c2ccccc21. The molecule has 0 aliphatic heterocycles. The maximum atomic E-state index is 5.76. The first-order valence-electron chi connectivity index (χ1n) is 8.88. The van der Waals surface area contributed by atoms with Gasteiger partial charge in [-0.15, -0.1) is 11.3 Å². The molecule has 2 aromatic heterocycles. The molecule has 132 valence electrons. The number of aromatic nitrogens is 3. The van der Waals surface area contributed by atoms with Gasteiger partial charge in [-0.05, 0) is 17.9 Å². The van der Waals surface area contributed by atoms with Crippen LogP contribution in [0.1, 0.15) is 51.8 Å². The second-order valence-electron chi connectivity index (χ2n) is 7.40. The van der Waals surface area contributed by atoms with Crippen LogP contribution >= 0.6 is 23.6 Å². The number of benzene rings is 1. The molecule has 0 radical (unpaired) electrons. The highest BCUT2D eigenvalue weighted by molar-refractivity contribution is 7.71. The fourth-order valence-electron chi connectivity index (χ4n) is 2.79. The summed E-state index contributed by atoms with van der Waals surface area (Å²) in [5, 5.41) is 6.91. The number of thiazole rings is 1. The van der Waals surface area contributed by atoms with Crippen molar-refractivity contribution >= 4 is 34.5 Å². The number of fused-ring (bicyclic) bond motifs is 1. The summed E-state index contributed by atoms with van der Waals surface area (Å²) in [6.07, 6.45) is 5.50. The van der Waals surface area contributed by atoms with Crippen molar-refractivity contribution in [2.75, 3.05) is 0 Å². The third-order valence-corrected chi connectivity index (χ3v) is 6.13. The quantitative estimate of drug-likeness (QED) is 0.385. The van der Waals surface area contributed by atoms with Crippen LogP contribution < -0.4 is 0 Å². The molecule has 3 aromatic rings. The summed E-state index contributed by atoms with van der Waals surface area (Å²) in [5.74, 6) is 0. The second-order valence-corrected chi connectivity index (χ2v) is 8.84. The molecule has 0 bridgehead atoms. The van der Waals surface area contributed by atoms with Crippen molar-refractivity contribution in [3.8, 4) is 10.7 Å². The van der Waals surface area contributed by atoms with Gasteiger partial charge >= 0.3 is 0 Å². The molecular weight excluding hydrogens is 346 g/mol. The smallest absolute Gasteiger partial charge is 0.145 e. The van der Waals surface area contributed by atoms with Gasteiger partial charge in [0.1, 0.15) is 10.7 Å². The van der Waals surface area contributed by atoms with E-state index in [1.165, 1.54) is 17.7 Å². The molecule has 0 aliphatic rings. The number of rotatable bonds is 5. The van der Waals surface area contributed by atoms with Gasteiger partial charge in [-0.2, -0.15) is 5.10 Å². The van der Waals surface area contributed by atoms with Crippen LogP contribution in [0.5, 0.6) is 0 Å². The van der Waals surface area contributed by atoms with E-state index in [9.17, 15) is 0 Å². The lowest BCUT2D eigenvalue weighted by atomic mass is 9.96. The van der Waals surface area contributed by atoms with Crippen LogP contribution in [0, 0.1) is 4.51 Å². The Bertz CT molecular complexity index is 932. The number of hydrogen-bond acceptors (Lipinski definition) is 4. The van der Waals surface area contributed by atoms with Crippen LogP contribution in [0.4, 0.5) is 0 Å². The monoisotopic (exact) mass is 371 g/mol. The predicted molar refractivity (Wildman–Crippen MR) is 110 cm³/mol. The van der Waals surface area contributed by atoms with E-state index in [2.05, 4.69) is 55.6 Å². The molecular formula is C20H25N3S2. The summed E-state index contributed by atoms with van der Waals surface area (Å²) in [6.45, 7) is 9.75. The second kappa shape index (κ2) is 7.34. The molecule has 5 heteroatoms. The first-order chi connectivity index (χ1) is 11.9. The van der Waals surface area contributed by atoms with Crippen LogP contribution in [-0.4, -0.2) is 14.8 Å². The minimum absolute atomic E-state index is 0.0888. The number of aryl methyl sites for hydroxylation is 1. The van der Waals surface area contributed by atoms with Crippen molar-refractivity contribution < 1.29 is 0 Å². The van der Waals surface area contributed by atoms with Gasteiger partial charge in [0, 0.05) is 23.0 Å². The zero-order valence-corrected chi connectivity index (χ0v) is 17.0. The number of para-hydroxylation sites is 1. The van der Waals surface area contributed by atoms with Crippen molar-refractivity contribution in [2.45, 2.75) is 58.9 Å². The average molecular weight is 372 g/mol. The van der Waals surface area contributed by atoms with E-state index in [1.54, 1.807) is 11.3 Å². The molecule has 3 nitrogen and oxygen atoms in total. The third kappa shape index (κ3) is 3.82. The molecule has 0 saturated carbocycles. The van der Waals surface area contributed by atoms with E-state index in [1.807, 2.05) is 12.3 Å². The lowest BCUT2D eigenvalue weighted by molar-refractivity contribution is 0.562. The van der Waals surface area contributed by atoms with Gasteiger partial charge in [0.25, 0.3) is 0 Å². The normalized spacial score (nSPS) is 12.0. The fourth-order valence-corrected chi connectivity index (χ4v) is 4.13. The van der Waals surface area contributed by atoms with Gasteiger partial charge in [-0.3, -0.25) is 4.68 Å². The molecule has 1 aromatic carbocycles. The molecule has 0 N–H and O–H groups in total. The zero-order chi connectivity index (χ0) is 18.0. The highest BCUT2D eigenvalue weighted by Crippen LogP contribution is 2.33. The fraction of sp³-hybridized carbons (Fsp3) is 0.450. The standard InChI is InChI=1S/C20H25N3S2/c1-5-6-9-12-23-15-11-8-7-10-14(15)18(24)17(22-23)19-21-13-16(25-19)20(2,3)4/h7-8,10-11,13H,5-6,9,12H2,1-4H3. The summed E-state index contributed by atoms with van der Waals surface area (Å²) < 4.78 is 2.91. The van der Waals surface area contributed by atoms with Crippen LogP contribution in [0.3, 0.4) is 0 Å². The highest BCUT2D eigenvalue weighted by atomic mass is 32.1. The Kier molecular flexibility index (Phi) is 5.35. The number of nitrogens with zero attached hydrogens (tertiary/aromatic N) is 3. The molecule has 25 heavy (non-hydrogen) atoms. The largest absolute Gasteiger partial charge is 0.264 e. The maximum Gasteiger partial charge on any atom is 0.145 e. The van der Waals surface area contributed by atoms with Crippen molar-refractivity contribution in [2.24, 2.45) is 0 Å². The Morgan fingerprint density at radius 3 is 2.60 bits per heavy atom. The topological polar surface area (TPSA) is 30.7 Å². The lowest BCUT2D eigenvalue weighted by Crippen LogP contribution is -2.08. The van der Waals surface area contributed by atoms with Gasteiger partial charge in [-0.25, -0.2) is 4.98 Å². The summed E-state index contributed by atoms with van der Waals surface area (Å²) in [6, 6.07) is 8.30. The van der Waals surface area contributed by atoms with Crippen LogP contribution in [-0.2, 0) is 12.0 Å². The van der Waals surface area contributed by atoms with Crippen LogP contribution in [0.2, 0.25) is 0 Å². The van der Waals surface area contributed by atoms with E-state index >= 15 is 0 Å². The molecule has 0 atom stereocenters. The summed E-state index contributed by atoms with van der Waals surface area (Å²) in [7, 11) is 0. The Labute approximate surface area is 158 Å². The zero-order valence-electron chi connectivity index (χ0n) is 15.4. The number of hydrogen-bond donors (Lipinski definition) is 0. The van der Waals surface area contributed by atoms with Gasteiger partial charge < -0.3 is 0 Å². The average Bonchev–Trinajstić information content (AvgIpc) is 3.07. The van der Waals surface area contributed by atoms with E-state index in [0.717, 1.165) is 39.1 Å². The molecule has 0 unspecified atom stereocenters. The lowest BCUT2D eigenvalue weighted by Gasteiger charge is -2.14. The third-order valence-electron chi connectivity index (χ3n) is 4.28. The number of unbranched alkanes of at least 4 members (excludes halogenated alkanes) is 2. The van der Waals surface area contributed by atoms with Crippen molar-refractivity contribution in [1.82, 2.24) is 14.8 Å². The summed E-state index contributed by atoms with van der Waals surface area (Å²) in [4.78, 5) is 5.89. The molecule has 0 spiro atoms. The van der Waals surface area contributed by atoms with E-state index in [0.29, 0.717) is 0 Å². The van der Waals surface area contributed by atoms with Gasteiger partial charge in [0.2, 0.25) is 0 Å². The maximum absolute atomic E-state index is 5.76. The van der Waals surface area contributed by atoms with Crippen molar-refractivity contribution in [1.29, 1.82) is 0 Å². The van der Waals surface area contributed by atoms with Crippen LogP contribution in [0.15, 0.2) is 30.5 Å². The Morgan fingerprint density at radius 1 is 1.16 bits per heavy atom. The Morgan fingerprint density at radius 2 is 1.92 bits per heavy atom. The van der Waals surface area contributed by atoms with E-state index in [-0.39, 0.29) is 5.41 Å². The summed E-state index contributed by atoms with van der Waals surface area (Å²) >= 11 is 7.46. The first-order valence-corrected chi connectivity index (χ1v) is 10.1. The van der Waals surface area contributed by atoms with Crippen LogP contribution in [0.25, 0.3) is 21.6 Å². The molecule has 3 rings (SSSR count). The Balaban J connectivity index is 2.13. The van der Waals surface area contributed by atoms with Gasteiger partial charge in [0.15, 0.2) is 0 Å². The highest BCUT2D eigenvalue weighted by Gasteiger charge is 2.19. The molecule has 2 heterocycles. The molecule has 0 aliphatic carbocycles. The molecule has 0 fully saturated rings. The molecule has 0 amide bonds. The van der Waals surface area contributed by atoms with E-state index in [4.69, 9.17) is 17.3 Å². The van der Waals surface area contributed by atoms with E-state index < -0.39 is 0 Å². The Hall–Kier alpha value is -1.59. The van der Waals surface area contributed by atoms with Gasteiger partial charge in [-0.1, -0.05) is 71.0 Å². The predicted octanol–water partition coefficient (Wildman–Crippen LogP) is 6.38. The summed E-state index contributed by atoms with van der Waals surface area (Å²) in [5.41, 5.74) is 2.04. The first kappa shape index (κ1) is 18.2.